The van der Waals surface area contributed by atoms with Crippen molar-refractivity contribution in [1.29, 1.82) is 0 Å². The van der Waals surface area contributed by atoms with E-state index in [-0.39, 0.29) is 0 Å². The molecule has 1 aliphatic rings. The third-order valence-corrected chi connectivity index (χ3v) is 3.78. The fourth-order valence-electron chi connectivity index (χ4n) is 2.56. The summed E-state index contributed by atoms with van der Waals surface area (Å²) >= 11 is 0. The van der Waals surface area contributed by atoms with E-state index in [0.717, 1.165) is 6.42 Å². The lowest BCUT2D eigenvalue weighted by molar-refractivity contribution is 0.556. The van der Waals surface area contributed by atoms with Gasteiger partial charge in [0, 0.05) is 0 Å². The predicted octanol–water partition coefficient (Wildman–Crippen LogP) is 6.39. The molecule has 0 unspecified atom stereocenters. The molecule has 0 spiro atoms. The van der Waals surface area contributed by atoms with Crippen molar-refractivity contribution < 1.29 is 0 Å². The van der Waals surface area contributed by atoms with Crippen molar-refractivity contribution in [3.8, 4) is 0 Å². The minimum atomic E-state index is 1.14. The molecule has 0 amide bonds. The standard InChI is InChI=1S/C18H31/c1-2-3-4-5-6-7-8-9-10-12-15-18-16-13-11-14-17-18/h11,13,16-17H,2-10,12,14-15H2,1H3. The van der Waals surface area contributed by atoms with Crippen LogP contribution in [-0.2, 0) is 0 Å². The van der Waals surface area contributed by atoms with Gasteiger partial charge in [-0.15, -0.1) is 0 Å². The highest BCUT2D eigenvalue weighted by Gasteiger charge is 1.99. The Kier molecular flexibility index (Phi) is 9.98. The Labute approximate surface area is 115 Å². The van der Waals surface area contributed by atoms with Crippen LogP contribution in [-0.4, -0.2) is 0 Å². The largest absolute Gasteiger partial charge is 0.0839 e. The van der Waals surface area contributed by atoms with E-state index in [1.807, 2.05) is 0 Å². The van der Waals surface area contributed by atoms with Gasteiger partial charge in [-0.05, 0) is 25.7 Å². The maximum atomic E-state index is 2.37. The highest BCUT2D eigenvalue weighted by atomic mass is 14.1. The van der Waals surface area contributed by atoms with Crippen molar-refractivity contribution in [1.82, 2.24) is 0 Å². The van der Waals surface area contributed by atoms with E-state index >= 15 is 0 Å². The molecule has 0 saturated heterocycles. The van der Waals surface area contributed by atoms with Crippen molar-refractivity contribution in [3.05, 3.63) is 30.2 Å². The average molecular weight is 247 g/mol. The topological polar surface area (TPSA) is 0 Å². The van der Waals surface area contributed by atoms with Crippen LogP contribution in [0, 0.1) is 6.42 Å². The van der Waals surface area contributed by atoms with Gasteiger partial charge in [-0.25, -0.2) is 0 Å². The summed E-state index contributed by atoms with van der Waals surface area (Å²) in [7, 11) is 0. The van der Waals surface area contributed by atoms with Gasteiger partial charge in [-0.2, -0.15) is 0 Å². The molecule has 1 rings (SSSR count). The summed E-state index contributed by atoms with van der Waals surface area (Å²) in [5, 5.41) is 0. The lowest BCUT2D eigenvalue weighted by atomic mass is 9.98. The number of hydrogen-bond acceptors (Lipinski definition) is 0. The second kappa shape index (κ2) is 11.6. The molecule has 0 fully saturated rings. The first-order valence-corrected chi connectivity index (χ1v) is 8.12. The maximum absolute atomic E-state index is 2.37. The third kappa shape index (κ3) is 8.55. The van der Waals surface area contributed by atoms with Crippen LogP contribution in [0.25, 0.3) is 0 Å². The molecule has 0 heterocycles. The van der Waals surface area contributed by atoms with Crippen molar-refractivity contribution in [2.45, 2.75) is 84.0 Å². The number of allylic oxidation sites excluding steroid dienone is 4. The van der Waals surface area contributed by atoms with E-state index in [4.69, 9.17) is 0 Å². The van der Waals surface area contributed by atoms with Gasteiger partial charge < -0.3 is 0 Å². The Balaban J connectivity index is 1.78. The van der Waals surface area contributed by atoms with Crippen LogP contribution in [0.1, 0.15) is 84.0 Å². The van der Waals surface area contributed by atoms with Gasteiger partial charge in [0.15, 0.2) is 0 Å². The highest BCUT2D eigenvalue weighted by molar-refractivity contribution is 5.25. The summed E-state index contributed by atoms with van der Waals surface area (Å²) in [6.45, 7) is 2.29. The van der Waals surface area contributed by atoms with E-state index in [2.05, 4.69) is 31.6 Å². The number of hydrogen-bond donors (Lipinski definition) is 0. The second-order valence-corrected chi connectivity index (χ2v) is 5.54. The van der Waals surface area contributed by atoms with Gasteiger partial charge in [0.05, 0.1) is 0 Å². The van der Waals surface area contributed by atoms with Gasteiger partial charge >= 0.3 is 0 Å². The number of unbranched alkanes of at least 4 members (excludes halogenated alkanes) is 9. The van der Waals surface area contributed by atoms with Crippen LogP contribution in [0.2, 0.25) is 0 Å². The Morgan fingerprint density at radius 1 is 0.833 bits per heavy atom. The Bertz CT molecular complexity index is 234. The molecule has 0 heteroatoms. The monoisotopic (exact) mass is 247 g/mol. The van der Waals surface area contributed by atoms with Crippen molar-refractivity contribution in [3.63, 3.8) is 0 Å². The lowest BCUT2D eigenvalue weighted by Crippen LogP contribution is -1.89. The summed E-state index contributed by atoms with van der Waals surface area (Å²) < 4.78 is 0. The summed E-state index contributed by atoms with van der Waals surface area (Å²) in [5.74, 6) is 0. The molecule has 0 aromatic heterocycles. The average Bonchev–Trinajstić information content (AvgIpc) is 2.42. The Hall–Kier alpha value is -0.520. The van der Waals surface area contributed by atoms with Crippen LogP contribution in [0.4, 0.5) is 0 Å². The van der Waals surface area contributed by atoms with E-state index in [0.29, 0.717) is 0 Å². The Morgan fingerprint density at radius 3 is 2.00 bits per heavy atom. The van der Waals surface area contributed by atoms with Gasteiger partial charge in [0.1, 0.15) is 0 Å². The quantitative estimate of drug-likeness (QED) is 0.371. The molecular weight excluding hydrogens is 216 g/mol. The second-order valence-electron chi connectivity index (χ2n) is 5.54. The molecule has 0 N–H and O–H groups in total. The lowest BCUT2D eigenvalue weighted by Gasteiger charge is -2.08. The molecule has 103 valence electrons. The van der Waals surface area contributed by atoms with Crippen LogP contribution < -0.4 is 0 Å². The molecule has 1 aliphatic carbocycles. The Morgan fingerprint density at radius 2 is 1.44 bits per heavy atom. The van der Waals surface area contributed by atoms with Gasteiger partial charge in [0.25, 0.3) is 0 Å². The SMILES string of the molecule is CCCCCCCCCCCCC1=CC=CC[CH]1. The van der Waals surface area contributed by atoms with E-state index in [1.54, 1.807) is 5.57 Å². The van der Waals surface area contributed by atoms with Crippen molar-refractivity contribution in [2.24, 2.45) is 0 Å². The molecule has 18 heavy (non-hydrogen) atoms. The molecular formula is C18H31. The first kappa shape index (κ1) is 15.5. The maximum Gasteiger partial charge on any atom is -0.00967 e. The summed E-state index contributed by atoms with van der Waals surface area (Å²) in [5.41, 5.74) is 1.55. The zero-order valence-electron chi connectivity index (χ0n) is 12.3. The first-order valence-electron chi connectivity index (χ1n) is 8.12. The van der Waals surface area contributed by atoms with Crippen LogP contribution >= 0.6 is 0 Å². The fourth-order valence-corrected chi connectivity index (χ4v) is 2.56. The first-order chi connectivity index (χ1) is 8.93. The minimum Gasteiger partial charge on any atom is -0.0839 e. The van der Waals surface area contributed by atoms with E-state index < -0.39 is 0 Å². The molecule has 0 saturated carbocycles. The summed E-state index contributed by atoms with van der Waals surface area (Å²) in [6, 6.07) is 0. The highest BCUT2D eigenvalue weighted by Crippen LogP contribution is 2.18. The van der Waals surface area contributed by atoms with Gasteiger partial charge in [0.2, 0.25) is 0 Å². The van der Waals surface area contributed by atoms with Crippen LogP contribution in [0.15, 0.2) is 23.8 Å². The van der Waals surface area contributed by atoms with E-state index in [1.165, 1.54) is 70.6 Å². The third-order valence-electron chi connectivity index (χ3n) is 3.78. The molecule has 0 aromatic rings. The fraction of sp³-hybridized carbons (Fsp3) is 0.722. The van der Waals surface area contributed by atoms with E-state index in [9.17, 15) is 0 Å². The van der Waals surface area contributed by atoms with Crippen molar-refractivity contribution in [2.75, 3.05) is 0 Å². The molecule has 0 aliphatic heterocycles. The minimum absolute atomic E-state index is 1.14. The molecule has 0 bridgehead atoms. The molecule has 1 radical (unpaired) electrons. The summed E-state index contributed by atoms with van der Waals surface area (Å²) in [4.78, 5) is 0. The van der Waals surface area contributed by atoms with Crippen LogP contribution in [0.5, 0.6) is 0 Å². The van der Waals surface area contributed by atoms with Gasteiger partial charge in [-0.3, -0.25) is 0 Å². The molecule has 0 atom stereocenters. The van der Waals surface area contributed by atoms with Crippen LogP contribution in [0.3, 0.4) is 0 Å². The smallest absolute Gasteiger partial charge is 0.00967 e. The summed E-state index contributed by atoms with van der Waals surface area (Å²) in [6.07, 6.45) is 25.8. The molecule has 0 nitrogen and oxygen atoms in total. The zero-order valence-corrected chi connectivity index (χ0v) is 12.3. The normalized spacial score (nSPS) is 14.8. The van der Waals surface area contributed by atoms with Crippen molar-refractivity contribution >= 4 is 0 Å². The zero-order chi connectivity index (χ0) is 12.9. The predicted molar refractivity (Wildman–Crippen MR) is 82.6 cm³/mol. The molecule has 0 aromatic carbocycles. The van der Waals surface area contributed by atoms with Gasteiger partial charge in [-0.1, -0.05) is 88.5 Å². The number of rotatable bonds is 11.